The fourth-order valence-electron chi connectivity index (χ4n) is 4.70. The molecule has 0 heterocycles. The number of hydrogen-bond donors (Lipinski definition) is 2. The fraction of sp³-hybridized carbons (Fsp3) is 0.464. The molecule has 7 heteroatoms. The molecular formula is C28H34N2O5. The quantitative estimate of drug-likeness (QED) is 0.400. The van der Waals surface area contributed by atoms with Crippen molar-refractivity contribution in [2.24, 2.45) is 11.8 Å². The van der Waals surface area contributed by atoms with Crippen LogP contribution in [0.2, 0.25) is 0 Å². The predicted octanol–water partition coefficient (Wildman–Crippen LogP) is 3.84. The zero-order chi connectivity index (χ0) is 24.6. The van der Waals surface area contributed by atoms with E-state index in [1.807, 2.05) is 25.1 Å². The topological polar surface area (TPSA) is 93.7 Å². The van der Waals surface area contributed by atoms with Crippen molar-refractivity contribution in [3.8, 4) is 5.75 Å². The van der Waals surface area contributed by atoms with Crippen LogP contribution >= 0.6 is 0 Å². The van der Waals surface area contributed by atoms with Crippen molar-refractivity contribution in [3.05, 3.63) is 65.7 Å². The molecule has 0 spiro atoms. The van der Waals surface area contributed by atoms with E-state index in [1.165, 1.54) is 5.56 Å². The first-order valence-corrected chi connectivity index (χ1v) is 12.6. The Morgan fingerprint density at radius 1 is 0.886 bits per heavy atom. The van der Waals surface area contributed by atoms with Gasteiger partial charge in [-0.3, -0.25) is 14.4 Å². The summed E-state index contributed by atoms with van der Waals surface area (Å²) < 4.78 is 11.2. The molecule has 2 aromatic rings. The molecule has 0 bridgehead atoms. The predicted molar refractivity (Wildman–Crippen MR) is 132 cm³/mol. The molecule has 2 saturated carbocycles. The van der Waals surface area contributed by atoms with Gasteiger partial charge in [-0.1, -0.05) is 30.3 Å². The number of amides is 2. The first-order chi connectivity index (χ1) is 17.0. The molecule has 2 amide bonds. The standard InChI is InChI=1S/C28H34N2O5/c1-2-34-28(33)21-10-14-23(15-11-21)35-22-12-8-20(9-13-22)26(31)29-16-17-30-27(32)25-18-24(25)19-6-4-3-5-7-19/h3-9,12-13,21,23-25H,2,10-11,14-18H2,1H3,(H,29,31)(H,30,32)/t21-,23+,24?,25?. The maximum absolute atomic E-state index is 12.4. The highest BCUT2D eigenvalue weighted by molar-refractivity contribution is 5.94. The number of carbonyl (C=O) groups excluding carboxylic acids is 3. The minimum atomic E-state index is -0.186. The van der Waals surface area contributed by atoms with Gasteiger partial charge in [-0.2, -0.15) is 0 Å². The van der Waals surface area contributed by atoms with Gasteiger partial charge in [0.25, 0.3) is 5.91 Å². The molecule has 2 atom stereocenters. The molecule has 2 unspecified atom stereocenters. The van der Waals surface area contributed by atoms with E-state index in [0.717, 1.165) is 32.1 Å². The molecule has 0 radical (unpaired) electrons. The lowest BCUT2D eigenvalue weighted by Gasteiger charge is -2.27. The second-order valence-corrected chi connectivity index (χ2v) is 9.27. The molecule has 0 aliphatic heterocycles. The van der Waals surface area contributed by atoms with Crippen LogP contribution in [-0.2, 0) is 14.3 Å². The van der Waals surface area contributed by atoms with Crippen molar-refractivity contribution in [2.75, 3.05) is 19.7 Å². The highest BCUT2D eigenvalue weighted by Crippen LogP contribution is 2.47. The van der Waals surface area contributed by atoms with Gasteiger partial charge >= 0.3 is 5.97 Å². The summed E-state index contributed by atoms with van der Waals surface area (Å²) in [6.07, 6.45) is 4.11. The maximum Gasteiger partial charge on any atom is 0.308 e. The van der Waals surface area contributed by atoms with Gasteiger partial charge in [0.15, 0.2) is 0 Å². The van der Waals surface area contributed by atoms with Gasteiger partial charge < -0.3 is 20.1 Å². The number of nitrogens with one attached hydrogen (secondary N) is 2. The van der Waals surface area contributed by atoms with Crippen LogP contribution in [0.5, 0.6) is 5.75 Å². The Balaban J connectivity index is 1.13. The minimum Gasteiger partial charge on any atom is -0.490 e. The van der Waals surface area contributed by atoms with Crippen molar-refractivity contribution >= 4 is 17.8 Å². The normalized spacial score (nSPS) is 23.1. The fourth-order valence-corrected chi connectivity index (χ4v) is 4.70. The second kappa shape index (κ2) is 11.9. The summed E-state index contributed by atoms with van der Waals surface area (Å²) in [5.74, 6) is 0.774. The minimum absolute atomic E-state index is 0.0276. The maximum atomic E-state index is 12.4. The summed E-state index contributed by atoms with van der Waals surface area (Å²) >= 11 is 0. The van der Waals surface area contributed by atoms with E-state index >= 15 is 0 Å². The molecule has 2 aliphatic rings. The number of ether oxygens (including phenoxy) is 2. The van der Waals surface area contributed by atoms with Gasteiger partial charge in [0.2, 0.25) is 5.91 Å². The van der Waals surface area contributed by atoms with Crippen molar-refractivity contribution in [1.82, 2.24) is 10.6 Å². The van der Waals surface area contributed by atoms with Crippen LogP contribution in [0.3, 0.4) is 0 Å². The summed E-state index contributed by atoms with van der Waals surface area (Å²) in [5.41, 5.74) is 1.75. The van der Waals surface area contributed by atoms with E-state index in [9.17, 15) is 14.4 Å². The van der Waals surface area contributed by atoms with E-state index in [1.54, 1.807) is 24.3 Å². The lowest BCUT2D eigenvalue weighted by Crippen LogP contribution is -2.35. The Labute approximate surface area is 206 Å². The third kappa shape index (κ3) is 6.84. The van der Waals surface area contributed by atoms with Gasteiger partial charge in [0.1, 0.15) is 5.75 Å². The molecular weight excluding hydrogens is 444 g/mol. The summed E-state index contributed by atoms with van der Waals surface area (Å²) in [4.78, 5) is 36.6. The van der Waals surface area contributed by atoms with Gasteiger partial charge in [-0.05, 0) is 74.8 Å². The smallest absolute Gasteiger partial charge is 0.308 e. The van der Waals surface area contributed by atoms with Gasteiger partial charge in [-0.15, -0.1) is 0 Å². The first-order valence-electron chi connectivity index (χ1n) is 12.6. The van der Waals surface area contributed by atoms with Crippen molar-refractivity contribution in [2.45, 2.75) is 51.0 Å². The zero-order valence-corrected chi connectivity index (χ0v) is 20.2. The number of rotatable bonds is 10. The summed E-state index contributed by atoms with van der Waals surface area (Å²) in [7, 11) is 0. The molecule has 0 aromatic heterocycles. The van der Waals surface area contributed by atoms with E-state index in [-0.39, 0.29) is 35.7 Å². The van der Waals surface area contributed by atoms with Crippen molar-refractivity contribution in [1.29, 1.82) is 0 Å². The molecule has 0 saturated heterocycles. The molecule has 2 aliphatic carbocycles. The SMILES string of the molecule is CCOC(=O)[C@H]1CC[C@@H](Oc2ccc(C(=O)NCCNC(=O)C3CC3c3ccccc3)cc2)CC1. The zero-order valence-electron chi connectivity index (χ0n) is 20.2. The Bertz CT molecular complexity index is 1000. The number of esters is 1. The molecule has 4 rings (SSSR count). The van der Waals surface area contributed by atoms with Crippen LogP contribution in [0.4, 0.5) is 0 Å². The van der Waals surface area contributed by atoms with E-state index in [2.05, 4.69) is 22.8 Å². The van der Waals surface area contributed by atoms with Crippen LogP contribution in [-0.4, -0.2) is 43.6 Å². The van der Waals surface area contributed by atoms with E-state index in [4.69, 9.17) is 9.47 Å². The Morgan fingerprint density at radius 2 is 1.57 bits per heavy atom. The Kier molecular flexibility index (Phi) is 8.40. The van der Waals surface area contributed by atoms with Crippen LogP contribution in [0.25, 0.3) is 0 Å². The van der Waals surface area contributed by atoms with Crippen LogP contribution in [0.15, 0.2) is 54.6 Å². The lowest BCUT2D eigenvalue weighted by molar-refractivity contribution is -0.149. The van der Waals surface area contributed by atoms with Crippen molar-refractivity contribution < 1.29 is 23.9 Å². The second-order valence-electron chi connectivity index (χ2n) is 9.27. The highest BCUT2D eigenvalue weighted by atomic mass is 16.5. The third-order valence-electron chi connectivity index (χ3n) is 6.78. The largest absolute Gasteiger partial charge is 0.490 e. The lowest BCUT2D eigenvalue weighted by atomic mass is 9.87. The van der Waals surface area contributed by atoms with Gasteiger partial charge in [0.05, 0.1) is 18.6 Å². The highest BCUT2D eigenvalue weighted by Gasteiger charge is 2.43. The molecule has 2 N–H and O–H groups in total. The van der Waals surface area contributed by atoms with E-state index in [0.29, 0.717) is 36.9 Å². The summed E-state index contributed by atoms with van der Waals surface area (Å²) in [6, 6.07) is 17.2. The summed E-state index contributed by atoms with van der Waals surface area (Å²) in [6.45, 7) is 3.01. The average Bonchev–Trinajstić information content (AvgIpc) is 3.69. The van der Waals surface area contributed by atoms with Crippen molar-refractivity contribution in [3.63, 3.8) is 0 Å². The van der Waals surface area contributed by atoms with E-state index < -0.39 is 0 Å². The van der Waals surface area contributed by atoms with Gasteiger partial charge in [-0.25, -0.2) is 0 Å². The monoisotopic (exact) mass is 478 g/mol. The molecule has 186 valence electrons. The first kappa shape index (κ1) is 24.8. The third-order valence-corrected chi connectivity index (χ3v) is 6.78. The van der Waals surface area contributed by atoms with Crippen LogP contribution in [0, 0.1) is 11.8 Å². The molecule has 2 fully saturated rings. The number of hydrogen-bond acceptors (Lipinski definition) is 5. The average molecular weight is 479 g/mol. The van der Waals surface area contributed by atoms with Crippen LogP contribution < -0.4 is 15.4 Å². The molecule has 7 nitrogen and oxygen atoms in total. The molecule has 35 heavy (non-hydrogen) atoms. The summed E-state index contributed by atoms with van der Waals surface area (Å²) in [5, 5.41) is 5.77. The Morgan fingerprint density at radius 3 is 2.26 bits per heavy atom. The Hall–Kier alpha value is -3.35. The molecule has 2 aromatic carbocycles. The number of carbonyl (C=O) groups is 3. The number of benzene rings is 2. The van der Waals surface area contributed by atoms with Gasteiger partial charge in [0, 0.05) is 24.6 Å². The van der Waals surface area contributed by atoms with Crippen LogP contribution in [0.1, 0.15) is 60.9 Å².